The normalized spacial score (nSPS) is 18.4. The summed E-state index contributed by atoms with van der Waals surface area (Å²) in [7, 11) is -3.50. The molecular formula is C15H19FN2O5S. The fourth-order valence-corrected chi connectivity index (χ4v) is 3.59. The summed E-state index contributed by atoms with van der Waals surface area (Å²) in [5.41, 5.74) is 0.694. The molecule has 1 atom stereocenters. The van der Waals surface area contributed by atoms with Crippen LogP contribution in [0.2, 0.25) is 0 Å². The van der Waals surface area contributed by atoms with E-state index in [1.54, 1.807) is 6.92 Å². The van der Waals surface area contributed by atoms with Crippen LogP contribution in [-0.4, -0.2) is 50.0 Å². The van der Waals surface area contributed by atoms with Crippen molar-refractivity contribution >= 4 is 27.6 Å². The van der Waals surface area contributed by atoms with Gasteiger partial charge in [-0.25, -0.2) is 12.8 Å². The lowest BCUT2D eigenvalue weighted by Gasteiger charge is -2.20. The summed E-state index contributed by atoms with van der Waals surface area (Å²) in [5.74, 6) is -1.85. The van der Waals surface area contributed by atoms with Gasteiger partial charge in [-0.15, -0.1) is 0 Å². The highest BCUT2D eigenvalue weighted by atomic mass is 32.2. The van der Waals surface area contributed by atoms with Gasteiger partial charge in [-0.2, -0.15) is 4.31 Å². The van der Waals surface area contributed by atoms with Crippen molar-refractivity contribution in [3.05, 3.63) is 29.6 Å². The molecule has 1 saturated heterocycles. The van der Waals surface area contributed by atoms with Crippen LogP contribution in [0.3, 0.4) is 0 Å². The predicted octanol–water partition coefficient (Wildman–Crippen LogP) is 1.04. The Balaban J connectivity index is 1.89. The van der Waals surface area contributed by atoms with E-state index in [0.717, 1.165) is 16.6 Å². The largest absolute Gasteiger partial charge is 0.454 e. The second-order valence-corrected chi connectivity index (χ2v) is 7.59. The van der Waals surface area contributed by atoms with Gasteiger partial charge in [0.05, 0.1) is 6.26 Å². The second-order valence-electron chi connectivity index (χ2n) is 5.65. The maximum Gasteiger partial charge on any atom is 0.324 e. The minimum absolute atomic E-state index is 0.248. The third-order valence-corrected chi connectivity index (χ3v) is 4.99. The van der Waals surface area contributed by atoms with Gasteiger partial charge in [0.2, 0.25) is 10.0 Å². The summed E-state index contributed by atoms with van der Waals surface area (Å²) in [6.45, 7) is 1.29. The zero-order chi connectivity index (χ0) is 17.9. The van der Waals surface area contributed by atoms with E-state index in [0.29, 0.717) is 18.4 Å². The number of nitrogens with zero attached hydrogens (tertiary/aromatic N) is 1. The number of ether oxygens (including phenoxy) is 1. The summed E-state index contributed by atoms with van der Waals surface area (Å²) < 4.78 is 42.5. The van der Waals surface area contributed by atoms with E-state index in [4.69, 9.17) is 4.74 Å². The zero-order valence-electron chi connectivity index (χ0n) is 13.4. The first-order valence-corrected chi connectivity index (χ1v) is 9.23. The number of benzene rings is 1. The number of carbonyl (C=O) groups is 2. The Labute approximate surface area is 139 Å². The maximum atomic E-state index is 13.4. The van der Waals surface area contributed by atoms with E-state index in [-0.39, 0.29) is 12.2 Å². The van der Waals surface area contributed by atoms with Crippen LogP contribution < -0.4 is 5.32 Å². The topological polar surface area (TPSA) is 92.8 Å². The molecule has 1 N–H and O–H groups in total. The molecule has 0 spiro atoms. The molecule has 1 heterocycles. The number of nitrogens with one attached hydrogen (secondary N) is 1. The van der Waals surface area contributed by atoms with Crippen LogP contribution in [0.25, 0.3) is 0 Å². The molecule has 1 amide bonds. The van der Waals surface area contributed by atoms with Crippen molar-refractivity contribution in [2.24, 2.45) is 0 Å². The number of amides is 1. The Bertz CT molecular complexity index is 750. The molecule has 0 aromatic heterocycles. The van der Waals surface area contributed by atoms with E-state index in [1.165, 1.54) is 12.1 Å². The summed E-state index contributed by atoms with van der Waals surface area (Å²) in [6, 6.07) is 3.31. The van der Waals surface area contributed by atoms with Crippen molar-refractivity contribution in [2.45, 2.75) is 25.8 Å². The smallest absolute Gasteiger partial charge is 0.324 e. The Morgan fingerprint density at radius 1 is 1.42 bits per heavy atom. The van der Waals surface area contributed by atoms with Crippen molar-refractivity contribution in [1.82, 2.24) is 4.31 Å². The van der Waals surface area contributed by atoms with Crippen molar-refractivity contribution in [3.63, 3.8) is 0 Å². The molecule has 0 aliphatic carbocycles. The molecule has 0 bridgehead atoms. The highest BCUT2D eigenvalue weighted by Gasteiger charge is 2.37. The van der Waals surface area contributed by atoms with Gasteiger partial charge in [0, 0.05) is 12.2 Å². The molecular weight excluding hydrogens is 339 g/mol. The lowest BCUT2D eigenvalue weighted by atomic mass is 10.2. The minimum Gasteiger partial charge on any atom is -0.454 e. The molecule has 2 rings (SSSR count). The monoisotopic (exact) mass is 358 g/mol. The molecule has 0 radical (unpaired) electrons. The van der Waals surface area contributed by atoms with Gasteiger partial charge in [-0.05, 0) is 37.5 Å². The third-order valence-electron chi connectivity index (χ3n) is 3.70. The average molecular weight is 358 g/mol. The molecule has 1 aromatic rings. The van der Waals surface area contributed by atoms with Crippen LogP contribution in [0.4, 0.5) is 10.1 Å². The van der Waals surface area contributed by atoms with E-state index in [1.807, 2.05) is 0 Å². The summed E-state index contributed by atoms with van der Waals surface area (Å²) in [5, 5.41) is 2.41. The predicted molar refractivity (Wildman–Crippen MR) is 85.3 cm³/mol. The van der Waals surface area contributed by atoms with Gasteiger partial charge in [0.15, 0.2) is 6.61 Å². The summed E-state index contributed by atoms with van der Waals surface area (Å²) in [4.78, 5) is 23.8. The van der Waals surface area contributed by atoms with Crippen LogP contribution in [0.15, 0.2) is 18.2 Å². The first-order valence-electron chi connectivity index (χ1n) is 7.38. The number of hydrogen-bond donors (Lipinski definition) is 1. The van der Waals surface area contributed by atoms with E-state index in [2.05, 4.69) is 5.32 Å². The van der Waals surface area contributed by atoms with Gasteiger partial charge < -0.3 is 10.1 Å². The Morgan fingerprint density at radius 2 is 2.12 bits per heavy atom. The lowest BCUT2D eigenvalue weighted by molar-refractivity contribution is -0.150. The molecule has 0 saturated carbocycles. The first-order chi connectivity index (χ1) is 11.2. The van der Waals surface area contributed by atoms with Crippen molar-refractivity contribution in [1.29, 1.82) is 0 Å². The third kappa shape index (κ3) is 4.51. The maximum absolute atomic E-state index is 13.4. The van der Waals surface area contributed by atoms with Crippen LogP contribution in [-0.2, 0) is 24.3 Å². The molecule has 1 aromatic carbocycles. The molecule has 9 heteroatoms. The lowest BCUT2D eigenvalue weighted by Crippen LogP contribution is -2.41. The molecule has 24 heavy (non-hydrogen) atoms. The number of esters is 1. The van der Waals surface area contributed by atoms with E-state index < -0.39 is 40.4 Å². The fraction of sp³-hybridized carbons (Fsp3) is 0.467. The van der Waals surface area contributed by atoms with Crippen LogP contribution >= 0.6 is 0 Å². The fourth-order valence-electron chi connectivity index (χ4n) is 2.47. The number of aryl methyl sites for hydroxylation is 1. The zero-order valence-corrected chi connectivity index (χ0v) is 14.2. The number of carbonyl (C=O) groups excluding carboxylic acids is 2. The highest BCUT2D eigenvalue weighted by molar-refractivity contribution is 7.88. The summed E-state index contributed by atoms with van der Waals surface area (Å²) >= 11 is 0. The number of anilines is 1. The van der Waals surface area contributed by atoms with Gasteiger partial charge in [0.25, 0.3) is 5.91 Å². The SMILES string of the molecule is Cc1ccc(NC(=O)COC(=O)[C@@H]2CCCN2S(C)(=O)=O)cc1F. The van der Waals surface area contributed by atoms with Gasteiger partial charge in [-0.3, -0.25) is 9.59 Å². The molecule has 7 nitrogen and oxygen atoms in total. The van der Waals surface area contributed by atoms with Gasteiger partial charge in [0.1, 0.15) is 11.9 Å². The van der Waals surface area contributed by atoms with Crippen LogP contribution in [0.1, 0.15) is 18.4 Å². The highest BCUT2D eigenvalue weighted by Crippen LogP contribution is 2.21. The van der Waals surface area contributed by atoms with Crippen LogP contribution in [0, 0.1) is 12.7 Å². The Kier molecular flexibility index (Phi) is 5.55. The summed E-state index contributed by atoms with van der Waals surface area (Å²) in [6.07, 6.45) is 1.94. The Morgan fingerprint density at radius 3 is 2.75 bits per heavy atom. The Hall–Kier alpha value is -2.00. The van der Waals surface area contributed by atoms with E-state index >= 15 is 0 Å². The number of hydrogen-bond acceptors (Lipinski definition) is 5. The van der Waals surface area contributed by atoms with Crippen molar-refractivity contribution in [3.8, 4) is 0 Å². The van der Waals surface area contributed by atoms with E-state index in [9.17, 15) is 22.4 Å². The van der Waals surface area contributed by atoms with Crippen molar-refractivity contribution in [2.75, 3.05) is 24.7 Å². The quantitative estimate of drug-likeness (QED) is 0.794. The molecule has 1 fully saturated rings. The first kappa shape index (κ1) is 18.3. The molecule has 0 unspecified atom stereocenters. The van der Waals surface area contributed by atoms with Crippen LogP contribution in [0.5, 0.6) is 0 Å². The van der Waals surface area contributed by atoms with Crippen molar-refractivity contribution < 1.29 is 27.1 Å². The van der Waals surface area contributed by atoms with Gasteiger partial charge >= 0.3 is 5.97 Å². The molecule has 132 valence electrons. The molecule has 1 aliphatic rings. The average Bonchev–Trinajstić information content (AvgIpc) is 2.98. The second kappa shape index (κ2) is 7.27. The standard InChI is InChI=1S/C15H19FN2O5S/c1-10-5-6-11(8-12(10)16)17-14(19)9-23-15(20)13-4-3-7-18(13)24(2,21)22/h5-6,8,13H,3-4,7,9H2,1-2H3,(H,17,19)/t13-/m0/s1. The number of halogens is 1. The number of rotatable bonds is 5. The molecule has 1 aliphatic heterocycles. The van der Waals surface area contributed by atoms with Gasteiger partial charge in [-0.1, -0.05) is 6.07 Å². The number of sulfonamides is 1. The minimum atomic E-state index is -3.50.